The molecule has 9 nitrogen and oxygen atoms in total. The third-order valence-electron chi connectivity index (χ3n) is 5.18. The van der Waals surface area contributed by atoms with Gasteiger partial charge in [0.2, 0.25) is 5.91 Å². The summed E-state index contributed by atoms with van der Waals surface area (Å²) in [5, 5.41) is 2.74. The standard InChI is InChI=1S/C22H25N3O6S2/c1-14(21(26)23-13-15-6-5-11-30-15)32-22-24-18-12-16(9-10-20(18)31-22)33(27,28)25-17-7-3-4-8-19(17)29-2/h3-4,7-10,12,14-15,25H,5-6,11,13H2,1-2H3,(H,23,26). The molecule has 2 unspecified atom stereocenters. The fraction of sp³-hybridized carbons (Fsp3) is 0.364. The van der Waals surface area contributed by atoms with Crippen molar-refractivity contribution in [3.8, 4) is 5.75 Å². The molecule has 2 atom stereocenters. The molecule has 4 rings (SSSR count). The van der Waals surface area contributed by atoms with Crippen LogP contribution in [-0.4, -0.2) is 50.9 Å². The van der Waals surface area contributed by atoms with Gasteiger partial charge in [-0.25, -0.2) is 13.4 Å². The van der Waals surface area contributed by atoms with E-state index in [0.29, 0.717) is 29.1 Å². The smallest absolute Gasteiger partial charge is 0.262 e. The lowest BCUT2D eigenvalue weighted by Gasteiger charge is -2.13. The number of ether oxygens (including phenoxy) is 2. The van der Waals surface area contributed by atoms with Gasteiger partial charge in [-0.2, -0.15) is 0 Å². The largest absolute Gasteiger partial charge is 0.495 e. The van der Waals surface area contributed by atoms with E-state index in [1.807, 2.05) is 0 Å². The van der Waals surface area contributed by atoms with E-state index in [1.165, 1.54) is 31.0 Å². The molecule has 1 fully saturated rings. The van der Waals surface area contributed by atoms with E-state index in [2.05, 4.69) is 15.0 Å². The molecule has 1 aliphatic rings. The number of anilines is 1. The molecule has 2 aromatic carbocycles. The molecule has 0 saturated carbocycles. The van der Waals surface area contributed by atoms with Gasteiger partial charge in [0.15, 0.2) is 5.58 Å². The normalized spacial score (nSPS) is 17.1. The number of benzene rings is 2. The fourth-order valence-electron chi connectivity index (χ4n) is 3.40. The Morgan fingerprint density at radius 2 is 2.12 bits per heavy atom. The van der Waals surface area contributed by atoms with Gasteiger partial charge >= 0.3 is 0 Å². The molecular formula is C22H25N3O6S2. The van der Waals surface area contributed by atoms with Crippen LogP contribution in [0.25, 0.3) is 11.1 Å². The maximum absolute atomic E-state index is 12.9. The van der Waals surface area contributed by atoms with Gasteiger partial charge in [-0.05, 0) is 50.1 Å². The molecule has 176 valence electrons. The van der Waals surface area contributed by atoms with Crippen LogP contribution in [0, 0.1) is 0 Å². The summed E-state index contributed by atoms with van der Waals surface area (Å²) in [6, 6.07) is 11.2. The zero-order valence-electron chi connectivity index (χ0n) is 18.2. The molecule has 33 heavy (non-hydrogen) atoms. The van der Waals surface area contributed by atoms with Crippen molar-refractivity contribution in [1.29, 1.82) is 0 Å². The summed E-state index contributed by atoms with van der Waals surface area (Å²) >= 11 is 1.17. The Morgan fingerprint density at radius 1 is 1.30 bits per heavy atom. The Labute approximate surface area is 196 Å². The number of carbonyl (C=O) groups is 1. The molecular weight excluding hydrogens is 466 g/mol. The van der Waals surface area contributed by atoms with Crippen molar-refractivity contribution in [3.05, 3.63) is 42.5 Å². The lowest BCUT2D eigenvalue weighted by molar-refractivity contribution is -0.120. The molecule has 2 N–H and O–H groups in total. The number of aromatic nitrogens is 1. The highest BCUT2D eigenvalue weighted by molar-refractivity contribution is 8.00. The van der Waals surface area contributed by atoms with Crippen LogP contribution >= 0.6 is 11.8 Å². The van der Waals surface area contributed by atoms with Crippen LogP contribution in [0.3, 0.4) is 0 Å². The van der Waals surface area contributed by atoms with Gasteiger partial charge < -0.3 is 19.2 Å². The molecule has 1 saturated heterocycles. The van der Waals surface area contributed by atoms with Gasteiger partial charge in [0.25, 0.3) is 15.2 Å². The first-order chi connectivity index (χ1) is 15.9. The van der Waals surface area contributed by atoms with Crippen molar-refractivity contribution in [3.63, 3.8) is 0 Å². The fourth-order valence-corrected chi connectivity index (χ4v) is 5.28. The first kappa shape index (κ1) is 23.4. The van der Waals surface area contributed by atoms with E-state index in [1.54, 1.807) is 37.3 Å². The van der Waals surface area contributed by atoms with Gasteiger partial charge in [0, 0.05) is 13.2 Å². The van der Waals surface area contributed by atoms with Gasteiger partial charge in [-0.1, -0.05) is 23.9 Å². The predicted octanol–water partition coefficient (Wildman–Crippen LogP) is 3.41. The van der Waals surface area contributed by atoms with E-state index < -0.39 is 15.3 Å². The van der Waals surface area contributed by atoms with E-state index >= 15 is 0 Å². The average Bonchev–Trinajstić information content (AvgIpc) is 3.46. The second-order valence-corrected chi connectivity index (χ2v) is 10.5. The van der Waals surface area contributed by atoms with Crippen molar-refractivity contribution in [2.45, 2.75) is 41.2 Å². The number of para-hydroxylation sites is 2. The monoisotopic (exact) mass is 491 g/mol. The van der Waals surface area contributed by atoms with Crippen molar-refractivity contribution in [1.82, 2.24) is 10.3 Å². The molecule has 0 aliphatic carbocycles. The minimum absolute atomic E-state index is 0.0353. The molecule has 3 aromatic rings. The van der Waals surface area contributed by atoms with Crippen LogP contribution in [0.15, 0.2) is 57.0 Å². The van der Waals surface area contributed by atoms with Gasteiger partial charge in [0.1, 0.15) is 11.3 Å². The summed E-state index contributed by atoms with van der Waals surface area (Å²) in [6.45, 7) is 2.98. The quantitative estimate of drug-likeness (QED) is 0.437. The Balaban J connectivity index is 1.44. The van der Waals surface area contributed by atoms with Crippen LogP contribution in [-0.2, 0) is 19.6 Å². The molecule has 11 heteroatoms. The molecule has 0 radical (unpaired) electrons. The highest BCUT2D eigenvalue weighted by atomic mass is 32.2. The van der Waals surface area contributed by atoms with Crippen molar-refractivity contribution < 1.29 is 27.1 Å². The second-order valence-electron chi connectivity index (χ2n) is 7.56. The third-order valence-corrected chi connectivity index (χ3v) is 7.48. The number of hydrogen-bond donors (Lipinski definition) is 2. The first-order valence-electron chi connectivity index (χ1n) is 10.5. The third kappa shape index (κ3) is 5.60. The van der Waals surface area contributed by atoms with E-state index in [0.717, 1.165) is 19.4 Å². The summed E-state index contributed by atoms with van der Waals surface area (Å²) in [7, 11) is -2.40. The summed E-state index contributed by atoms with van der Waals surface area (Å²) in [4.78, 5) is 16.8. The van der Waals surface area contributed by atoms with Gasteiger partial charge in [-0.3, -0.25) is 9.52 Å². The number of sulfonamides is 1. The average molecular weight is 492 g/mol. The maximum Gasteiger partial charge on any atom is 0.262 e. The Morgan fingerprint density at radius 3 is 2.88 bits per heavy atom. The van der Waals surface area contributed by atoms with Crippen molar-refractivity contribution >= 4 is 44.5 Å². The zero-order valence-corrected chi connectivity index (χ0v) is 19.9. The van der Waals surface area contributed by atoms with E-state index in [9.17, 15) is 13.2 Å². The van der Waals surface area contributed by atoms with Crippen LogP contribution in [0.5, 0.6) is 5.75 Å². The van der Waals surface area contributed by atoms with Gasteiger partial charge in [-0.15, -0.1) is 0 Å². The number of oxazole rings is 1. The van der Waals surface area contributed by atoms with E-state index in [-0.39, 0.29) is 22.1 Å². The minimum Gasteiger partial charge on any atom is -0.495 e. The zero-order chi connectivity index (χ0) is 23.4. The number of carbonyl (C=O) groups excluding carboxylic acids is 1. The molecule has 1 aromatic heterocycles. The van der Waals surface area contributed by atoms with Crippen LogP contribution in [0.4, 0.5) is 5.69 Å². The van der Waals surface area contributed by atoms with Gasteiger partial charge in [0.05, 0.1) is 29.0 Å². The maximum atomic E-state index is 12.9. The van der Waals surface area contributed by atoms with E-state index in [4.69, 9.17) is 13.9 Å². The summed E-state index contributed by atoms with van der Waals surface area (Å²) in [6.07, 6.45) is 2.03. The number of nitrogens with zero attached hydrogens (tertiary/aromatic N) is 1. The lowest BCUT2D eigenvalue weighted by atomic mass is 10.2. The number of hydrogen-bond acceptors (Lipinski definition) is 8. The van der Waals surface area contributed by atoms with Crippen LogP contribution < -0.4 is 14.8 Å². The number of thioether (sulfide) groups is 1. The Hall–Kier alpha value is -2.76. The minimum atomic E-state index is -3.87. The molecule has 2 heterocycles. The number of amides is 1. The Kier molecular flexibility index (Phi) is 7.11. The number of rotatable bonds is 9. The molecule has 1 aliphatic heterocycles. The first-order valence-corrected chi connectivity index (χ1v) is 12.8. The molecule has 1 amide bonds. The number of methoxy groups -OCH3 is 1. The SMILES string of the molecule is COc1ccccc1NS(=O)(=O)c1ccc2oc(SC(C)C(=O)NCC3CCCO3)nc2c1. The molecule has 0 bridgehead atoms. The van der Waals surface area contributed by atoms with Crippen molar-refractivity contribution in [2.24, 2.45) is 0 Å². The van der Waals surface area contributed by atoms with Crippen LogP contribution in [0.2, 0.25) is 0 Å². The Bertz CT molecular complexity index is 1240. The van der Waals surface area contributed by atoms with Crippen molar-refractivity contribution in [2.75, 3.05) is 25.0 Å². The summed E-state index contributed by atoms with van der Waals surface area (Å²) in [5.41, 5.74) is 1.15. The second kappa shape index (κ2) is 10.0. The summed E-state index contributed by atoms with van der Waals surface area (Å²) in [5.74, 6) is 0.274. The van der Waals surface area contributed by atoms with Crippen LogP contribution in [0.1, 0.15) is 19.8 Å². The highest BCUT2D eigenvalue weighted by Gasteiger charge is 2.22. The number of fused-ring (bicyclic) bond motifs is 1. The lowest BCUT2D eigenvalue weighted by Crippen LogP contribution is -2.36. The molecule has 0 spiro atoms. The highest BCUT2D eigenvalue weighted by Crippen LogP contribution is 2.30. The topological polar surface area (TPSA) is 120 Å². The predicted molar refractivity (Wildman–Crippen MR) is 125 cm³/mol. The summed E-state index contributed by atoms with van der Waals surface area (Å²) < 4.78 is 44.7. The number of nitrogens with one attached hydrogen (secondary N) is 2.